The highest BCUT2D eigenvalue weighted by Crippen LogP contribution is 2.69. The van der Waals surface area contributed by atoms with Crippen molar-refractivity contribution >= 4 is 11.9 Å². The molecule has 0 aromatic rings. The fourth-order valence-electron chi connectivity index (χ4n) is 9.45. The molecule has 33 heavy (non-hydrogen) atoms. The predicted octanol–water partition coefficient (Wildman–Crippen LogP) is 4.88. The molecule has 6 heteroatoms. The van der Waals surface area contributed by atoms with Crippen LogP contribution in [-0.2, 0) is 28.5 Å². The second-order valence-corrected chi connectivity index (χ2v) is 12.2. The average Bonchev–Trinajstić information content (AvgIpc) is 3.33. The molecule has 1 saturated heterocycles. The Morgan fingerprint density at radius 3 is 2.18 bits per heavy atom. The number of esters is 2. The van der Waals surface area contributed by atoms with Gasteiger partial charge in [-0.15, -0.1) is 0 Å². The molecule has 1 aliphatic heterocycles. The molecule has 0 spiro atoms. The van der Waals surface area contributed by atoms with Crippen molar-refractivity contribution < 1.29 is 28.5 Å². The number of hydrogen-bond acceptors (Lipinski definition) is 6. The maximum atomic E-state index is 12.3. The summed E-state index contributed by atoms with van der Waals surface area (Å²) in [4.78, 5) is 23.8. The van der Waals surface area contributed by atoms with Gasteiger partial charge in [0.25, 0.3) is 0 Å². The lowest BCUT2D eigenvalue weighted by Gasteiger charge is -2.63. The van der Waals surface area contributed by atoms with Gasteiger partial charge in [-0.3, -0.25) is 9.59 Å². The lowest BCUT2D eigenvalue weighted by atomic mass is 9.43. The van der Waals surface area contributed by atoms with E-state index in [-0.39, 0.29) is 40.9 Å². The first kappa shape index (κ1) is 23.6. The van der Waals surface area contributed by atoms with E-state index in [1.807, 2.05) is 0 Å². The summed E-state index contributed by atoms with van der Waals surface area (Å²) in [5.74, 6) is 1.55. The summed E-state index contributed by atoms with van der Waals surface area (Å²) in [6.07, 6.45) is 8.51. The molecule has 186 valence electrons. The van der Waals surface area contributed by atoms with Crippen molar-refractivity contribution in [2.24, 2.45) is 40.4 Å². The minimum Gasteiger partial charge on any atom is -0.463 e. The number of rotatable bonds is 3. The highest BCUT2D eigenvalue weighted by atomic mass is 16.7. The Hall–Kier alpha value is -1.14. The van der Waals surface area contributed by atoms with Crippen LogP contribution in [0.2, 0.25) is 0 Å². The summed E-state index contributed by atoms with van der Waals surface area (Å²) in [5.41, 5.74) is 0.0751. The lowest BCUT2D eigenvalue weighted by Crippen LogP contribution is -2.61. The molecule has 0 amide bonds. The van der Waals surface area contributed by atoms with Crippen LogP contribution in [0.5, 0.6) is 0 Å². The minimum atomic E-state index is -0.585. The molecule has 5 rings (SSSR count). The van der Waals surface area contributed by atoms with Crippen LogP contribution in [0.1, 0.15) is 86.0 Å². The highest BCUT2D eigenvalue weighted by molar-refractivity contribution is 5.66. The van der Waals surface area contributed by atoms with E-state index in [0.717, 1.165) is 38.5 Å². The molecule has 9 atom stereocenters. The normalized spacial score (nSPS) is 48.3. The number of carbonyl (C=O) groups is 2. The van der Waals surface area contributed by atoms with Gasteiger partial charge in [0.15, 0.2) is 5.79 Å². The molecule has 1 heterocycles. The van der Waals surface area contributed by atoms with Crippen LogP contribution >= 0.6 is 0 Å². The summed E-state index contributed by atoms with van der Waals surface area (Å²) in [7, 11) is 0. The minimum absolute atomic E-state index is 0.0581. The Morgan fingerprint density at radius 1 is 0.818 bits per heavy atom. The summed E-state index contributed by atoms with van der Waals surface area (Å²) in [6, 6.07) is 0. The molecule has 4 saturated carbocycles. The van der Waals surface area contributed by atoms with E-state index in [9.17, 15) is 9.59 Å². The SMILES string of the molecule is CC(=O)O[C@H]1CC[C@]2(C)C3C[C@@H](OC(C)=O)[C@]4(C)[C@@H](C5(C)OCCO5)CC[C@H]4C3CC[C@H]2C1. The number of ether oxygens (including phenoxy) is 4. The van der Waals surface area contributed by atoms with E-state index in [1.165, 1.54) is 19.8 Å². The summed E-state index contributed by atoms with van der Waals surface area (Å²) in [6.45, 7) is 11.3. The molecule has 6 nitrogen and oxygen atoms in total. The third-order valence-electron chi connectivity index (χ3n) is 10.8. The van der Waals surface area contributed by atoms with E-state index >= 15 is 0 Å². The number of carbonyl (C=O) groups excluding carboxylic acids is 2. The van der Waals surface area contributed by atoms with Crippen molar-refractivity contribution in [1.82, 2.24) is 0 Å². The van der Waals surface area contributed by atoms with Gasteiger partial charge >= 0.3 is 11.9 Å². The van der Waals surface area contributed by atoms with E-state index < -0.39 is 5.79 Å². The van der Waals surface area contributed by atoms with Gasteiger partial charge < -0.3 is 18.9 Å². The van der Waals surface area contributed by atoms with Crippen LogP contribution in [0.3, 0.4) is 0 Å². The molecular formula is C27H42O6. The third-order valence-corrected chi connectivity index (χ3v) is 10.8. The molecule has 4 aliphatic carbocycles. The molecular weight excluding hydrogens is 420 g/mol. The van der Waals surface area contributed by atoms with Crippen LogP contribution in [-0.4, -0.2) is 43.1 Å². The Labute approximate surface area is 198 Å². The number of hydrogen-bond donors (Lipinski definition) is 0. The van der Waals surface area contributed by atoms with Crippen LogP contribution in [0.15, 0.2) is 0 Å². The van der Waals surface area contributed by atoms with Crippen molar-refractivity contribution in [2.75, 3.05) is 13.2 Å². The Morgan fingerprint density at radius 2 is 1.52 bits per heavy atom. The zero-order chi connectivity index (χ0) is 23.6. The Bertz CT molecular complexity index is 789. The van der Waals surface area contributed by atoms with E-state index in [0.29, 0.717) is 36.9 Å². The van der Waals surface area contributed by atoms with Crippen LogP contribution in [0, 0.1) is 40.4 Å². The van der Waals surface area contributed by atoms with Gasteiger partial charge in [-0.2, -0.15) is 0 Å². The fourth-order valence-corrected chi connectivity index (χ4v) is 9.45. The summed E-state index contributed by atoms with van der Waals surface area (Å²) >= 11 is 0. The predicted molar refractivity (Wildman–Crippen MR) is 122 cm³/mol. The van der Waals surface area contributed by atoms with E-state index in [2.05, 4.69) is 20.8 Å². The van der Waals surface area contributed by atoms with Gasteiger partial charge in [0, 0.05) is 25.2 Å². The quantitative estimate of drug-likeness (QED) is 0.557. The maximum absolute atomic E-state index is 12.3. The Kier molecular flexibility index (Phi) is 5.88. The lowest BCUT2D eigenvalue weighted by molar-refractivity contribution is -0.246. The first-order chi connectivity index (χ1) is 15.6. The van der Waals surface area contributed by atoms with Gasteiger partial charge in [0.2, 0.25) is 0 Å². The van der Waals surface area contributed by atoms with Crippen molar-refractivity contribution in [3.63, 3.8) is 0 Å². The molecule has 0 aromatic heterocycles. The van der Waals surface area contributed by atoms with Gasteiger partial charge in [-0.25, -0.2) is 0 Å². The zero-order valence-corrected chi connectivity index (χ0v) is 21.1. The monoisotopic (exact) mass is 462 g/mol. The van der Waals surface area contributed by atoms with E-state index in [4.69, 9.17) is 18.9 Å². The molecule has 5 aliphatic rings. The van der Waals surface area contributed by atoms with Gasteiger partial charge in [-0.05, 0) is 87.4 Å². The third kappa shape index (κ3) is 3.65. The van der Waals surface area contributed by atoms with Crippen molar-refractivity contribution in [3.05, 3.63) is 0 Å². The number of fused-ring (bicyclic) bond motifs is 5. The van der Waals surface area contributed by atoms with Crippen LogP contribution in [0.4, 0.5) is 0 Å². The maximum Gasteiger partial charge on any atom is 0.302 e. The molecule has 0 aromatic carbocycles. The Balaban J connectivity index is 1.45. The fraction of sp³-hybridized carbons (Fsp3) is 0.926. The van der Waals surface area contributed by atoms with Crippen molar-refractivity contribution in [1.29, 1.82) is 0 Å². The van der Waals surface area contributed by atoms with Crippen LogP contribution < -0.4 is 0 Å². The van der Waals surface area contributed by atoms with Crippen molar-refractivity contribution in [3.8, 4) is 0 Å². The average molecular weight is 463 g/mol. The van der Waals surface area contributed by atoms with Gasteiger partial charge in [0.1, 0.15) is 12.2 Å². The van der Waals surface area contributed by atoms with E-state index in [1.54, 1.807) is 6.92 Å². The van der Waals surface area contributed by atoms with Crippen LogP contribution in [0.25, 0.3) is 0 Å². The second-order valence-electron chi connectivity index (χ2n) is 12.2. The first-order valence-electron chi connectivity index (χ1n) is 13.2. The van der Waals surface area contributed by atoms with Gasteiger partial charge in [0.05, 0.1) is 13.2 Å². The topological polar surface area (TPSA) is 71.1 Å². The molecule has 0 N–H and O–H groups in total. The second kappa shape index (κ2) is 8.22. The smallest absolute Gasteiger partial charge is 0.302 e. The zero-order valence-electron chi connectivity index (χ0n) is 21.1. The molecule has 0 bridgehead atoms. The molecule has 5 fully saturated rings. The molecule has 2 unspecified atom stereocenters. The summed E-state index contributed by atoms with van der Waals surface area (Å²) in [5, 5.41) is 0. The highest BCUT2D eigenvalue weighted by Gasteiger charge is 2.68. The van der Waals surface area contributed by atoms with Crippen molar-refractivity contribution in [2.45, 2.75) is 104 Å². The standard InChI is InChI=1S/C27H42O6/c1-16(28)32-19-10-11-25(3)18(14-19)6-7-20-21-8-9-23(27(5)30-12-13-31-27)26(21,4)24(15-22(20)25)33-17(2)29/h18-24H,6-15H2,1-5H3/t18-,19-,20?,21-,22?,23-,24+,25-,26-/m0/s1. The largest absolute Gasteiger partial charge is 0.463 e. The first-order valence-corrected chi connectivity index (χ1v) is 13.2. The summed E-state index contributed by atoms with van der Waals surface area (Å²) < 4.78 is 24.1. The van der Waals surface area contributed by atoms with Gasteiger partial charge in [-0.1, -0.05) is 13.8 Å². The molecule has 0 radical (unpaired) electrons.